The third-order valence-corrected chi connectivity index (χ3v) is 3.14. The Hall–Kier alpha value is -1.35. The molecule has 0 spiro atoms. The summed E-state index contributed by atoms with van der Waals surface area (Å²) in [5.74, 6) is 0.467. The third-order valence-electron chi connectivity index (χ3n) is 3.14. The molecule has 1 aromatic carbocycles. The van der Waals surface area contributed by atoms with Gasteiger partial charge in [0.25, 0.3) is 0 Å². The van der Waals surface area contributed by atoms with E-state index in [-0.39, 0.29) is 5.97 Å². The van der Waals surface area contributed by atoms with Gasteiger partial charge in [-0.25, -0.2) is 0 Å². The molecule has 0 heterocycles. The Morgan fingerprint density at radius 2 is 1.79 bits per heavy atom. The number of ether oxygens (including phenoxy) is 1. The molecule has 0 aliphatic heterocycles. The summed E-state index contributed by atoms with van der Waals surface area (Å²) in [6.07, 6.45) is 0.768. The second-order valence-corrected chi connectivity index (χ2v) is 5.70. The van der Waals surface area contributed by atoms with Crippen molar-refractivity contribution in [2.75, 3.05) is 13.1 Å². The van der Waals surface area contributed by atoms with Gasteiger partial charge in [-0.1, -0.05) is 13.0 Å². The molecule has 0 saturated heterocycles. The topological polar surface area (TPSA) is 38.3 Å². The average Bonchev–Trinajstić information content (AvgIpc) is 2.27. The molecule has 0 aliphatic carbocycles. The molecule has 0 bridgehead atoms. The van der Waals surface area contributed by atoms with Gasteiger partial charge in [-0.05, 0) is 70.5 Å². The van der Waals surface area contributed by atoms with Crippen molar-refractivity contribution in [2.45, 2.75) is 41.0 Å². The summed E-state index contributed by atoms with van der Waals surface area (Å²) in [5.41, 5.74) is 1.74. The lowest BCUT2D eigenvalue weighted by Gasteiger charge is -2.22. The Kier molecular flexibility index (Phi) is 5.55. The van der Waals surface area contributed by atoms with Crippen LogP contribution >= 0.6 is 0 Å². The molecule has 3 nitrogen and oxygen atoms in total. The lowest BCUT2D eigenvalue weighted by Crippen LogP contribution is -2.32. The maximum Gasteiger partial charge on any atom is 0.316 e. The first-order valence-corrected chi connectivity index (χ1v) is 6.86. The fraction of sp³-hybridized carbons (Fsp3) is 0.562. The van der Waals surface area contributed by atoms with E-state index in [4.69, 9.17) is 4.74 Å². The molecular formula is C16H25NO2. The molecule has 0 unspecified atom stereocenters. The van der Waals surface area contributed by atoms with Gasteiger partial charge in [0.05, 0.1) is 5.41 Å². The zero-order valence-corrected chi connectivity index (χ0v) is 12.7. The zero-order chi connectivity index (χ0) is 14.5. The Labute approximate surface area is 116 Å². The number of carbonyl (C=O) groups is 1. The van der Waals surface area contributed by atoms with Crippen molar-refractivity contribution < 1.29 is 9.53 Å². The summed E-state index contributed by atoms with van der Waals surface area (Å²) >= 11 is 0. The average molecular weight is 263 g/mol. The minimum Gasteiger partial charge on any atom is -0.426 e. The van der Waals surface area contributed by atoms with Crippen LogP contribution in [0.1, 0.15) is 38.3 Å². The van der Waals surface area contributed by atoms with Gasteiger partial charge in [-0.2, -0.15) is 0 Å². The molecule has 0 atom stereocenters. The van der Waals surface area contributed by atoms with Gasteiger partial charge < -0.3 is 10.1 Å². The smallest absolute Gasteiger partial charge is 0.316 e. The van der Waals surface area contributed by atoms with Crippen molar-refractivity contribution in [3.05, 3.63) is 29.3 Å². The molecule has 1 rings (SSSR count). The third kappa shape index (κ3) is 5.03. The quantitative estimate of drug-likeness (QED) is 0.486. The Bertz CT molecular complexity index is 418. The van der Waals surface area contributed by atoms with Crippen LogP contribution in [0.25, 0.3) is 0 Å². The van der Waals surface area contributed by atoms with Gasteiger partial charge >= 0.3 is 5.97 Å². The maximum absolute atomic E-state index is 12.2. The van der Waals surface area contributed by atoms with Crippen molar-refractivity contribution in [1.82, 2.24) is 5.32 Å². The van der Waals surface area contributed by atoms with Crippen LogP contribution in [0.4, 0.5) is 0 Å². The van der Waals surface area contributed by atoms with E-state index in [1.165, 1.54) is 0 Å². The monoisotopic (exact) mass is 263 g/mol. The molecule has 0 amide bonds. The largest absolute Gasteiger partial charge is 0.426 e. The van der Waals surface area contributed by atoms with E-state index in [0.29, 0.717) is 5.75 Å². The first-order valence-electron chi connectivity index (χ1n) is 6.86. The number of carbonyl (C=O) groups excluding carboxylic acids is 1. The van der Waals surface area contributed by atoms with Gasteiger partial charge in [-0.3, -0.25) is 4.79 Å². The minimum absolute atomic E-state index is 0.171. The summed E-state index contributed by atoms with van der Waals surface area (Å²) < 4.78 is 5.50. The highest BCUT2D eigenvalue weighted by molar-refractivity contribution is 5.78. The van der Waals surface area contributed by atoms with E-state index < -0.39 is 5.41 Å². The lowest BCUT2D eigenvalue weighted by atomic mass is 9.89. The standard InChI is InChI=1S/C16H25NO2/c1-6-17-8-7-16(4,5)15(18)19-14-10-12(2)9-13(3)11-14/h9-11,17H,6-8H2,1-5H3. The molecule has 0 aromatic heterocycles. The SMILES string of the molecule is CCNCCC(C)(C)C(=O)Oc1cc(C)cc(C)c1. The van der Waals surface area contributed by atoms with E-state index in [0.717, 1.165) is 30.6 Å². The highest BCUT2D eigenvalue weighted by atomic mass is 16.5. The van der Waals surface area contributed by atoms with Crippen molar-refractivity contribution in [3.63, 3.8) is 0 Å². The van der Waals surface area contributed by atoms with Crippen LogP contribution in [0.3, 0.4) is 0 Å². The number of esters is 1. The van der Waals surface area contributed by atoms with Gasteiger partial charge in [0, 0.05) is 0 Å². The fourth-order valence-electron chi connectivity index (χ4n) is 1.92. The van der Waals surface area contributed by atoms with Crippen LogP contribution in [-0.4, -0.2) is 19.1 Å². The van der Waals surface area contributed by atoms with Crippen LogP contribution in [0.5, 0.6) is 5.75 Å². The number of hydrogen-bond acceptors (Lipinski definition) is 3. The van der Waals surface area contributed by atoms with Crippen LogP contribution in [-0.2, 0) is 4.79 Å². The molecular weight excluding hydrogens is 238 g/mol. The minimum atomic E-state index is -0.472. The molecule has 0 saturated carbocycles. The molecule has 0 aliphatic rings. The number of hydrogen-bond donors (Lipinski definition) is 1. The highest BCUT2D eigenvalue weighted by Gasteiger charge is 2.29. The predicted octanol–water partition coefficient (Wildman–Crippen LogP) is 3.23. The van der Waals surface area contributed by atoms with E-state index in [2.05, 4.69) is 18.3 Å². The van der Waals surface area contributed by atoms with Crippen LogP contribution < -0.4 is 10.1 Å². The molecule has 1 aromatic rings. The maximum atomic E-state index is 12.2. The first kappa shape index (κ1) is 15.7. The van der Waals surface area contributed by atoms with Crippen LogP contribution in [0, 0.1) is 19.3 Å². The van der Waals surface area contributed by atoms with E-state index in [9.17, 15) is 4.79 Å². The summed E-state index contributed by atoms with van der Waals surface area (Å²) in [7, 11) is 0. The fourth-order valence-corrected chi connectivity index (χ4v) is 1.92. The number of nitrogens with one attached hydrogen (secondary N) is 1. The van der Waals surface area contributed by atoms with Crippen LogP contribution in [0.2, 0.25) is 0 Å². The molecule has 1 N–H and O–H groups in total. The molecule has 106 valence electrons. The van der Waals surface area contributed by atoms with E-state index in [1.54, 1.807) is 0 Å². The predicted molar refractivity (Wildman–Crippen MR) is 78.5 cm³/mol. The zero-order valence-electron chi connectivity index (χ0n) is 12.7. The molecule has 0 radical (unpaired) electrons. The second kappa shape index (κ2) is 6.71. The molecule has 0 fully saturated rings. The molecule has 3 heteroatoms. The summed E-state index contributed by atoms with van der Waals surface area (Å²) in [4.78, 5) is 12.2. The highest BCUT2D eigenvalue weighted by Crippen LogP contribution is 2.24. The van der Waals surface area contributed by atoms with Crippen molar-refractivity contribution in [2.24, 2.45) is 5.41 Å². The number of benzene rings is 1. The molecule has 19 heavy (non-hydrogen) atoms. The number of rotatable bonds is 6. The van der Waals surface area contributed by atoms with E-state index >= 15 is 0 Å². The van der Waals surface area contributed by atoms with Gasteiger partial charge in [0.1, 0.15) is 5.75 Å². The Morgan fingerprint density at radius 1 is 1.21 bits per heavy atom. The second-order valence-electron chi connectivity index (χ2n) is 5.70. The van der Waals surface area contributed by atoms with Gasteiger partial charge in [0.15, 0.2) is 0 Å². The van der Waals surface area contributed by atoms with Crippen molar-refractivity contribution in [3.8, 4) is 5.75 Å². The number of aryl methyl sites for hydroxylation is 2. The summed E-state index contributed by atoms with van der Waals surface area (Å²) in [5, 5.41) is 3.23. The van der Waals surface area contributed by atoms with Crippen molar-refractivity contribution in [1.29, 1.82) is 0 Å². The van der Waals surface area contributed by atoms with Crippen molar-refractivity contribution >= 4 is 5.97 Å². The van der Waals surface area contributed by atoms with Gasteiger partial charge in [-0.15, -0.1) is 0 Å². The van der Waals surface area contributed by atoms with Gasteiger partial charge in [0.2, 0.25) is 0 Å². The summed E-state index contributed by atoms with van der Waals surface area (Å²) in [6, 6.07) is 5.85. The van der Waals surface area contributed by atoms with Crippen LogP contribution in [0.15, 0.2) is 18.2 Å². The Morgan fingerprint density at radius 3 is 2.32 bits per heavy atom. The Balaban J connectivity index is 2.67. The first-order chi connectivity index (χ1) is 8.85. The lowest BCUT2D eigenvalue weighted by molar-refractivity contribution is -0.144. The normalized spacial score (nSPS) is 11.4. The van der Waals surface area contributed by atoms with E-state index in [1.807, 2.05) is 39.8 Å². The summed E-state index contributed by atoms with van der Waals surface area (Å²) in [6.45, 7) is 11.7.